The molecule has 2 heterocycles. The van der Waals surface area contributed by atoms with Gasteiger partial charge in [-0.05, 0) is 24.6 Å². The Kier molecular flexibility index (Phi) is 5.27. The van der Waals surface area contributed by atoms with Crippen LogP contribution in [0.4, 0.5) is 0 Å². The van der Waals surface area contributed by atoms with E-state index in [0.717, 1.165) is 4.57 Å². The van der Waals surface area contributed by atoms with E-state index in [1.807, 2.05) is 0 Å². The summed E-state index contributed by atoms with van der Waals surface area (Å²) in [5.41, 5.74) is 0.0451. The molecule has 0 fully saturated rings. The summed E-state index contributed by atoms with van der Waals surface area (Å²) < 4.78 is 8.55. The molecule has 0 aliphatic heterocycles. The van der Waals surface area contributed by atoms with E-state index in [0.29, 0.717) is 16.3 Å². The van der Waals surface area contributed by atoms with Gasteiger partial charge >= 0.3 is 11.7 Å². The van der Waals surface area contributed by atoms with Crippen LogP contribution in [-0.2, 0) is 23.1 Å². The fourth-order valence-electron chi connectivity index (χ4n) is 2.62. The Hall–Kier alpha value is -3.13. The maximum absolute atomic E-state index is 12.9. The predicted octanol–water partition coefficient (Wildman–Crippen LogP) is 1.62. The Morgan fingerprint density at radius 1 is 1.19 bits per heavy atom. The molecule has 0 aliphatic rings. The molecule has 0 saturated carbocycles. The van der Waals surface area contributed by atoms with Gasteiger partial charge in [0, 0.05) is 24.5 Å². The average Bonchev–Trinajstić information content (AvgIpc) is 3.06. The average molecular weight is 389 g/mol. The van der Waals surface area contributed by atoms with E-state index in [9.17, 15) is 14.4 Å². The molecule has 3 rings (SSSR count). The largest absolute Gasteiger partial charge is 0.465 e. The van der Waals surface area contributed by atoms with Crippen LogP contribution >= 0.6 is 11.6 Å². The third-order valence-corrected chi connectivity index (χ3v) is 4.14. The van der Waals surface area contributed by atoms with Gasteiger partial charge in [-0.1, -0.05) is 23.7 Å². The Labute approximate surface area is 159 Å². The highest BCUT2D eigenvalue weighted by molar-refractivity contribution is 6.30. The lowest BCUT2D eigenvalue weighted by atomic mass is 10.1. The number of hydrogen-bond donors (Lipinski definition) is 0. The van der Waals surface area contributed by atoms with Crippen LogP contribution in [0.5, 0.6) is 0 Å². The second-order valence-electron chi connectivity index (χ2n) is 5.77. The van der Waals surface area contributed by atoms with Gasteiger partial charge in [0.25, 0.3) is 5.56 Å². The molecule has 0 spiro atoms. The number of benzene rings is 1. The van der Waals surface area contributed by atoms with Crippen molar-refractivity contribution in [3.63, 3.8) is 0 Å². The first-order valence-electron chi connectivity index (χ1n) is 8.17. The normalized spacial score (nSPS) is 10.8. The summed E-state index contributed by atoms with van der Waals surface area (Å²) in [5, 5.41) is 4.57. The molecule has 0 radical (unpaired) electrons. The van der Waals surface area contributed by atoms with Crippen molar-refractivity contribution in [3.05, 3.63) is 68.7 Å². The summed E-state index contributed by atoms with van der Waals surface area (Å²) in [4.78, 5) is 37.6. The number of halogens is 1. The lowest BCUT2D eigenvalue weighted by Gasteiger charge is -2.12. The number of nitrogens with zero attached hydrogens (tertiary/aromatic N) is 4. The Morgan fingerprint density at radius 2 is 1.89 bits per heavy atom. The number of esters is 1. The summed E-state index contributed by atoms with van der Waals surface area (Å²) in [6, 6.07) is 6.63. The molecule has 1 aromatic carbocycles. The van der Waals surface area contributed by atoms with Gasteiger partial charge < -0.3 is 4.74 Å². The van der Waals surface area contributed by atoms with Crippen LogP contribution in [0.25, 0.3) is 16.8 Å². The fraction of sp³-hybridized carbons (Fsp3) is 0.222. The van der Waals surface area contributed by atoms with E-state index in [1.54, 1.807) is 44.4 Å². The van der Waals surface area contributed by atoms with Crippen LogP contribution < -0.4 is 11.2 Å². The van der Waals surface area contributed by atoms with Crippen LogP contribution in [0, 0.1) is 0 Å². The highest BCUT2D eigenvalue weighted by Gasteiger charge is 2.17. The Balaban J connectivity index is 2.24. The first-order valence-corrected chi connectivity index (χ1v) is 8.55. The first-order chi connectivity index (χ1) is 12.9. The van der Waals surface area contributed by atoms with Crippen molar-refractivity contribution in [2.45, 2.75) is 13.5 Å². The van der Waals surface area contributed by atoms with E-state index in [-0.39, 0.29) is 12.2 Å². The maximum Gasteiger partial charge on any atom is 0.336 e. The summed E-state index contributed by atoms with van der Waals surface area (Å²) in [6.45, 7) is 1.33. The van der Waals surface area contributed by atoms with Crippen molar-refractivity contribution < 1.29 is 9.53 Å². The monoisotopic (exact) mass is 388 g/mol. The smallest absolute Gasteiger partial charge is 0.336 e. The van der Waals surface area contributed by atoms with Gasteiger partial charge in [-0.25, -0.2) is 9.36 Å². The van der Waals surface area contributed by atoms with Gasteiger partial charge in [-0.3, -0.25) is 18.8 Å². The maximum atomic E-state index is 12.9. The summed E-state index contributed by atoms with van der Waals surface area (Å²) >= 11 is 5.92. The van der Waals surface area contributed by atoms with E-state index in [2.05, 4.69) is 5.10 Å². The molecule has 0 aliphatic carbocycles. The summed E-state index contributed by atoms with van der Waals surface area (Å²) in [6.07, 6.45) is 4.56. The van der Waals surface area contributed by atoms with Crippen molar-refractivity contribution in [1.82, 2.24) is 18.9 Å². The first kappa shape index (κ1) is 18.7. The molecule has 0 atom stereocenters. The van der Waals surface area contributed by atoms with Crippen molar-refractivity contribution in [2.24, 2.45) is 7.05 Å². The SMILES string of the molecule is CCOC(=O)Cn1c(=O)c(-c2ccc(Cl)cc2)cn(-c2cnn(C)c2)c1=O. The van der Waals surface area contributed by atoms with E-state index in [1.165, 1.54) is 21.6 Å². The number of aromatic nitrogens is 4. The predicted molar refractivity (Wildman–Crippen MR) is 100 cm³/mol. The third-order valence-electron chi connectivity index (χ3n) is 3.89. The van der Waals surface area contributed by atoms with Gasteiger partial charge in [0.05, 0.1) is 24.1 Å². The second kappa shape index (κ2) is 7.63. The van der Waals surface area contributed by atoms with Gasteiger partial charge in [0.1, 0.15) is 6.54 Å². The Bertz CT molecular complexity index is 1100. The van der Waals surface area contributed by atoms with Gasteiger partial charge in [0.2, 0.25) is 0 Å². The van der Waals surface area contributed by atoms with Gasteiger partial charge in [0.15, 0.2) is 0 Å². The summed E-state index contributed by atoms with van der Waals surface area (Å²) in [5.74, 6) is -0.664. The lowest BCUT2D eigenvalue weighted by Crippen LogP contribution is -2.41. The molecule has 8 nitrogen and oxygen atoms in total. The molecule has 27 heavy (non-hydrogen) atoms. The van der Waals surface area contributed by atoms with Gasteiger partial charge in [-0.2, -0.15) is 5.10 Å². The molecule has 0 unspecified atom stereocenters. The standard InChI is InChI=1S/C18H17ClN4O4/c1-3-27-16(24)11-23-17(25)15(12-4-6-13(19)7-5-12)10-22(18(23)26)14-8-20-21(2)9-14/h4-10H,3,11H2,1-2H3. The molecule has 0 bridgehead atoms. The zero-order chi connectivity index (χ0) is 19.6. The molecule has 9 heteroatoms. The lowest BCUT2D eigenvalue weighted by molar-refractivity contribution is -0.143. The number of carbonyl (C=O) groups is 1. The minimum absolute atomic E-state index is 0.154. The van der Waals surface area contributed by atoms with Crippen molar-refractivity contribution in [2.75, 3.05) is 6.61 Å². The summed E-state index contributed by atoms with van der Waals surface area (Å²) in [7, 11) is 1.71. The second-order valence-corrected chi connectivity index (χ2v) is 6.21. The van der Waals surface area contributed by atoms with Crippen LogP contribution in [0.1, 0.15) is 6.92 Å². The molecule has 0 saturated heterocycles. The van der Waals surface area contributed by atoms with E-state index >= 15 is 0 Å². The van der Waals surface area contributed by atoms with Crippen LogP contribution in [0.3, 0.4) is 0 Å². The molecule has 0 N–H and O–H groups in total. The molecular formula is C18H17ClN4O4. The highest BCUT2D eigenvalue weighted by atomic mass is 35.5. The number of aryl methyl sites for hydroxylation is 1. The minimum Gasteiger partial charge on any atom is -0.465 e. The molecule has 140 valence electrons. The quantitative estimate of drug-likeness (QED) is 0.620. The van der Waals surface area contributed by atoms with Crippen LogP contribution in [0.15, 0.2) is 52.4 Å². The fourth-order valence-corrected chi connectivity index (χ4v) is 2.75. The zero-order valence-electron chi connectivity index (χ0n) is 14.8. The van der Waals surface area contributed by atoms with E-state index < -0.39 is 23.8 Å². The highest BCUT2D eigenvalue weighted by Crippen LogP contribution is 2.18. The van der Waals surface area contributed by atoms with Gasteiger partial charge in [-0.15, -0.1) is 0 Å². The molecule has 3 aromatic rings. The third kappa shape index (κ3) is 3.85. The minimum atomic E-state index is -0.664. The number of hydrogen-bond acceptors (Lipinski definition) is 5. The van der Waals surface area contributed by atoms with Crippen molar-refractivity contribution >= 4 is 17.6 Å². The topological polar surface area (TPSA) is 88.1 Å². The molecule has 0 amide bonds. The number of ether oxygens (including phenoxy) is 1. The van der Waals surface area contributed by atoms with Crippen LogP contribution in [-0.4, -0.2) is 31.5 Å². The van der Waals surface area contributed by atoms with Crippen LogP contribution in [0.2, 0.25) is 5.02 Å². The van der Waals surface area contributed by atoms with Crippen molar-refractivity contribution in [3.8, 4) is 16.8 Å². The molecule has 2 aromatic heterocycles. The Morgan fingerprint density at radius 3 is 2.48 bits per heavy atom. The molecular weight excluding hydrogens is 372 g/mol. The number of rotatable bonds is 5. The number of carbonyl (C=O) groups excluding carboxylic acids is 1. The van der Waals surface area contributed by atoms with E-state index in [4.69, 9.17) is 16.3 Å². The van der Waals surface area contributed by atoms with Crippen molar-refractivity contribution in [1.29, 1.82) is 0 Å². The zero-order valence-corrected chi connectivity index (χ0v) is 15.5.